The largest absolute Gasteiger partial charge is 0.494 e. The second kappa shape index (κ2) is 7.82. The minimum absolute atomic E-state index is 0.0488. The monoisotopic (exact) mass is 366 g/mol. The van der Waals surface area contributed by atoms with Crippen molar-refractivity contribution in [2.75, 3.05) is 6.61 Å². The molecule has 0 aliphatic carbocycles. The summed E-state index contributed by atoms with van der Waals surface area (Å²) in [5.41, 5.74) is 1.72. The Morgan fingerprint density at radius 2 is 2.07 bits per heavy atom. The molecule has 0 saturated heterocycles. The number of esters is 1. The topological polar surface area (TPSA) is 91.0 Å². The van der Waals surface area contributed by atoms with Gasteiger partial charge in [-0.25, -0.2) is 9.79 Å². The van der Waals surface area contributed by atoms with Gasteiger partial charge in [0.2, 0.25) is 5.90 Å². The molecule has 0 radical (unpaired) electrons. The summed E-state index contributed by atoms with van der Waals surface area (Å²) in [7, 11) is 0. The lowest BCUT2D eigenvalue weighted by Gasteiger charge is -2.04. The number of nitrogens with zero attached hydrogens (tertiary/aromatic N) is 2. The summed E-state index contributed by atoms with van der Waals surface area (Å²) in [4.78, 5) is 27.0. The smallest absolute Gasteiger partial charge is 0.363 e. The van der Waals surface area contributed by atoms with Crippen LogP contribution < -0.4 is 4.74 Å². The molecule has 7 heteroatoms. The van der Waals surface area contributed by atoms with Crippen molar-refractivity contribution in [3.8, 4) is 5.75 Å². The van der Waals surface area contributed by atoms with Crippen LogP contribution in [0.3, 0.4) is 0 Å². The van der Waals surface area contributed by atoms with Gasteiger partial charge in [0.15, 0.2) is 5.70 Å². The number of rotatable bonds is 6. The highest BCUT2D eigenvalue weighted by Crippen LogP contribution is 2.24. The molecular formula is C20H18N2O5. The molecule has 7 nitrogen and oxygen atoms in total. The number of hydrogen-bond donors (Lipinski definition) is 0. The summed E-state index contributed by atoms with van der Waals surface area (Å²) in [6, 6.07) is 11.9. The van der Waals surface area contributed by atoms with Crippen molar-refractivity contribution in [3.63, 3.8) is 0 Å². The van der Waals surface area contributed by atoms with E-state index < -0.39 is 10.9 Å². The second-order valence-corrected chi connectivity index (χ2v) is 6.02. The molecule has 0 N–H and O–H groups in total. The van der Waals surface area contributed by atoms with Crippen LogP contribution in [0.2, 0.25) is 0 Å². The lowest BCUT2D eigenvalue weighted by molar-refractivity contribution is -0.385. The van der Waals surface area contributed by atoms with Gasteiger partial charge in [-0.2, -0.15) is 0 Å². The minimum atomic E-state index is -0.604. The Kier molecular flexibility index (Phi) is 5.30. The van der Waals surface area contributed by atoms with E-state index in [0.29, 0.717) is 23.5 Å². The highest BCUT2D eigenvalue weighted by atomic mass is 16.6. The zero-order chi connectivity index (χ0) is 19.4. The van der Waals surface area contributed by atoms with Gasteiger partial charge in [0.25, 0.3) is 5.69 Å². The quantitative estimate of drug-likeness (QED) is 0.333. The first-order valence-corrected chi connectivity index (χ1v) is 8.48. The number of aliphatic imine (C=N–C) groups is 1. The number of carbonyl (C=O) groups is 1. The van der Waals surface area contributed by atoms with Crippen molar-refractivity contribution in [2.24, 2.45) is 4.99 Å². The van der Waals surface area contributed by atoms with Gasteiger partial charge in [0.05, 0.1) is 11.5 Å². The minimum Gasteiger partial charge on any atom is -0.494 e. The highest BCUT2D eigenvalue weighted by molar-refractivity contribution is 6.13. The fourth-order valence-electron chi connectivity index (χ4n) is 2.54. The van der Waals surface area contributed by atoms with Crippen molar-refractivity contribution in [1.82, 2.24) is 0 Å². The van der Waals surface area contributed by atoms with Crippen LogP contribution in [0, 0.1) is 17.0 Å². The number of aryl methyl sites for hydroxylation is 1. The SMILES string of the molecule is CCCOc1cccc(/C=C2\N=C(c3ccc(C)c([N+](=O)[O-])c3)OC2=O)c1. The van der Waals surface area contributed by atoms with Crippen LogP contribution in [0.25, 0.3) is 6.08 Å². The molecule has 0 spiro atoms. The molecule has 0 unspecified atom stereocenters. The fourth-order valence-corrected chi connectivity index (χ4v) is 2.54. The van der Waals surface area contributed by atoms with Crippen LogP contribution in [-0.4, -0.2) is 23.4 Å². The average molecular weight is 366 g/mol. The predicted octanol–water partition coefficient (Wildman–Crippen LogP) is 4.04. The standard InChI is InChI=1S/C20H18N2O5/c1-3-9-26-16-6-4-5-14(10-16)11-17-20(23)27-19(21-17)15-8-7-13(2)18(12-15)22(24)25/h4-8,10-12H,3,9H2,1-2H3/b17-11-. The first-order valence-electron chi connectivity index (χ1n) is 8.48. The van der Waals surface area contributed by atoms with Crippen molar-refractivity contribution in [1.29, 1.82) is 0 Å². The van der Waals surface area contributed by atoms with Crippen LogP contribution in [-0.2, 0) is 9.53 Å². The zero-order valence-corrected chi connectivity index (χ0v) is 15.0. The Bertz CT molecular complexity index is 963. The molecule has 1 aliphatic rings. The number of benzene rings is 2. The van der Waals surface area contributed by atoms with Gasteiger partial charge >= 0.3 is 5.97 Å². The third-order valence-electron chi connectivity index (χ3n) is 3.91. The van der Waals surface area contributed by atoms with Gasteiger partial charge in [-0.15, -0.1) is 0 Å². The van der Waals surface area contributed by atoms with Crippen LogP contribution in [0.4, 0.5) is 5.69 Å². The number of nitro groups is 1. The van der Waals surface area contributed by atoms with E-state index in [1.165, 1.54) is 6.07 Å². The van der Waals surface area contributed by atoms with E-state index in [9.17, 15) is 14.9 Å². The molecule has 3 rings (SSSR count). The Balaban J connectivity index is 1.89. The number of ether oxygens (including phenoxy) is 2. The summed E-state index contributed by atoms with van der Waals surface area (Å²) in [6.45, 7) is 4.27. The highest BCUT2D eigenvalue weighted by Gasteiger charge is 2.25. The normalized spacial score (nSPS) is 14.8. The summed E-state index contributed by atoms with van der Waals surface area (Å²) < 4.78 is 10.8. The zero-order valence-electron chi connectivity index (χ0n) is 15.0. The van der Waals surface area contributed by atoms with E-state index >= 15 is 0 Å². The van der Waals surface area contributed by atoms with E-state index in [-0.39, 0.29) is 17.3 Å². The molecule has 1 aliphatic heterocycles. The summed E-state index contributed by atoms with van der Waals surface area (Å²) >= 11 is 0. The maximum atomic E-state index is 12.1. The summed E-state index contributed by atoms with van der Waals surface area (Å²) in [6.07, 6.45) is 2.49. The second-order valence-electron chi connectivity index (χ2n) is 6.02. The fraction of sp³-hybridized carbons (Fsp3) is 0.200. The molecule has 0 atom stereocenters. The van der Waals surface area contributed by atoms with Crippen LogP contribution in [0.5, 0.6) is 5.75 Å². The Labute approximate surface area is 156 Å². The number of nitro benzene ring substituents is 1. The third kappa shape index (κ3) is 4.20. The molecule has 0 aromatic heterocycles. The van der Waals surface area contributed by atoms with Gasteiger partial charge in [-0.05, 0) is 43.2 Å². The molecule has 2 aromatic carbocycles. The van der Waals surface area contributed by atoms with Gasteiger partial charge in [0, 0.05) is 17.2 Å². The molecule has 138 valence electrons. The maximum Gasteiger partial charge on any atom is 0.363 e. The van der Waals surface area contributed by atoms with E-state index in [4.69, 9.17) is 9.47 Å². The summed E-state index contributed by atoms with van der Waals surface area (Å²) in [5.74, 6) is 0.150. The number of cyclic esters (lactones) is 1. The lowest BCUT2D eigenvalue weighted by Crippen LogP contribution is -2.06. The van der Waals surface area contributed by atoms with Crippen molar-refractivity contribution in [3.05, 3.63) is 75.0 Å². The predicted molar refractivity (Wildman–Crippen MR) is 101 cm³/mol. The first-order chi connectivity index (χ1) is 13.0. The third-order valence-corrected chi connectivity index (χ3v) is 3.91. The van der Waals surface area contributed by atoms with Gasteiger partial charge in [0.1, 0.15) is 5.75 Å². The Hall–Kier alpha value is -3.48. The van der Waals surface area contributed by atoms with Crippen molar-refractivity contribution < 1.29 is 19.2 Å². The molecule has 0 bridgehead atoms. The Morgan fingerprint density at radius 3 is 2.81 bits per heavy atom. The van der Waals surface area contributed by atoms with E-state index in [1.54, 1.807) is 31.2 Å². The molecule has 0 amide bonds. The Morgan fingerprint density at radius 1 is 1.26 bits per heavy atom. The molecule has 1 heterocycles. The van der Waals surface area contributed by atoms with Gasteiger partial charge in [-0.1, -0.05) is 25.1 Å². The molecule has 2 aromatic rings. The van der Waals surface area contributed by atoms with Crippen LogP contribution in [0.1, 0.15) is 30.0 Å². The van der Waals surface area contributed by atoms with Crippen LogP contribution >= 0.6 is 0 Å². The lowest BCUT2D eigenvalue weighted by atomic mass is 10.1. The summed E-state index contributed by atoms with van der Waals surface area (Å²) in [5, 5.41) is 11.1. The number of hydrogen-bond acceptors (Lipinski definition) is 6. The first kappa shape index (κ1) is 18.3. The number of carbonyl (C=O) groups excluding carboxylic acids is 1. The molecule has 0 fully saturated rings. The van der Waals surface area contributed by atoms with E-state index in [2.05, 4.69) is 4.99 Å². The van der Waals surface area contributed by atoms with Crippen molar-refractivity contribution >= 4 is 23.6 Å². The van der Waals surface area contributed by atoms with Gasteiger partial charge < -0.3 is 9.47 Å². The van der Waals surface area contributed by atoms with E-state index in [0.717, 1.165) is 12.0 Å². The van der Waals surface area contributed by atoms with Crippen LogP contribution in [0.15, 0.2) is 53.2 Å². The molecular weight excluding hydrogens is 348 g/mol. The molecule has 0 saturated carbocycles. The van der Waals surface area contributed by atoms with E-state index in [1.807, 2.05) is 25.1 Å². The van der Waals surface area contributed by atoms with Crippen molar-refractivity contribution in [2.45, 2.75) is 20.3 Å². The maximum absolute atomic E-state index is 12.1. The van der Waals surface area contributed by atoms with Gasteiger partial charge in [-0.3, -0.25) is 10.1 Å². The average Bonchev–Trinajstić information content (AvgIpc) is 3.01. The molecule has 27 heavy (non-hydrogen) atoms.